The summed E-state index contributed by atoms with van der Waals surface area (Å²) in [5.74, 6) is 1.53. The molecule has 1 fully saturated rings. The van der Waals surface area contributed by atoms with Gasteiger partial charge in [0.05, 0.1) is 18.3 Å². The molecule has 0 spiro atoms. The molecule has 4 nitrogen and oxygen atoms in total. The molecule has 3 heterocycles. The van der Waals surface area contributed by atoms with E-state index < -0.39 is 0 Å². The number of pyridine rings is 1. The lowest BCUT2D eigenvalue weighted by Gasteiger charge is -2.07. The molecule has 0 bridgehead atoms. The van der Waals surface area contributed by atoms with Crippen molar-refractivity contribution in [3.05, 3.63) is 35.9 Å². The van der Waals surface area contributed by atoms with Crippen molar-refractivity contribution in [2.75, 3.05) is 13.2 Å². The molecule has 2 N–H and O–H groups in total. The third-order valence-electron chi connectivity index (χ3n) is 3.15. The van der Waals surface area contributed by atoms with Gasteiger partial charge in [-0.3, -0.25) is 0 Å². The van der Waals surface area contributed by atoms with Gasteiger partial charge in [0.1, 0.15) is 5.82 Å². The van der Waals surface area contributed by atoms with Gasteiger partial charge in [-0.2, -0.15) is 0 Å². The molecule has 2 aromatic rings. The highest BCUT2D eigenvalue weighted by molar-refractivity contribution is 5.47. The van der Waals surface area contributed by atoms with E-state index in [9.17, 15) is 0 Å². The topological polar surface area (TPSA) is 52.5 Å². The van der Waals surface area contributed by atoms with Gasteiger partial charge < -0.3 is 14.9 Å². The van der Waals surface area contributed by atoms with E-state index in [1.807, 2.05) is 12.3 Å². The lowest BCUT2D eigenvalue weighted by Crippen LogP contribution is -2.05. The van der Waals surface area contributed by atoms with Crippen LogP contribution in [0.15, 0.2) is 24.5 Å². The number of hydrogen-bond donors (Lipinski definition) is 1. The van der Waals surface area contributed by atoms with E-state index >= 15 is 0 Å². The van der Waals surface area contributed by atoms with E-state index in [4.69, 9.17) is 10.5 Å². The predicted molar refractivity (Wildman–Crippen MR) is 61.3 cm³/mol. The maximum Gasteiger partial charge on any atom is 0.118 e. The molecule has 0 saturated carbocycles. The summed E-state index contributed by atoms with van der Waals surface area (Å²) in [5, 5.41) is 0. The number of rotatable bonds is 2. The minimum atomic E-state index is 0.426. The molecule has 1 unspecified atom stereocenters. The second kappa shape index (κ2) is 3.88. The van der Waals surface area contributed by atoms with Crippen LogP contribution in [-0.2, 0) is 11.3 Å². The first-order valence-electron chi connectivity index (χ1n) is 5.62. The largest absolute Gasteiger partial charge is 0.381 e. The molecule has 1 aliphatic heterocycles. The zero-order valence-electron chi connectivity index (χ0n) is 9.10. The number of fused-ring (bicyclic) bond motifs is 1. The van der Waals surface area contributed by atoms with Crippen LogP contribution in [0.5, 0.6) is 0 Å². The third kappa shape index (κ3) is 1.50. The summed E-state index contributed by atoms with van der Waals surface area (Å²) < 4.78 is 7.55. The van der Waals surface area contributed by atoms with E-state index in [-0.39, 0.29) is 0 Å². The molecule has 1 aliphatic rings. The normalized spacial score (nSPS) is 20.7. The zero-order valence-corrected chi connectivity index (χ0v) is 9.10. The highest BCUT2D eigenvalue weighted by atomic mass is 16.5. The number of hydrogen-bond acceptors (Lipinski definition) is 3. The third-order valence-corrected chi connectivity index (χ3v) is 3.15. The number of imidazole rings is 1. The Morgan fingerprint density at radius 3 is 3.19 bits per heavy atom. The summed E-state index contributed by atoms with van der Waals surface area (Å²) in [6.07, 6.45) is 5.05. The van der Waals surface area contributed by atoms with Crippen molar-refractivity contribution in [3.8, 4) is 0 Å². The Bertz CT molecular complexity index is 500. The first-order chi connectivity index (χ1) is 7.88. The zero-order chi connectivity index (χ0) is 11.0. The van der Waals surface area contributed by atoms with E-state index in [1.165, 1.54) is 0 Å². The first-order valence-corrected chi connectivity index (χ1v) is 5.62. The van der Waals surface area contributed by atoms with Gasteiger partial charge in [-0.1, -0.05) is 6.07 Å². The Hall–Kier alpha value is -1.39. The molecule has 1 saturated heterocycles. The summed E-state index contributed by atoms with van der Waals surface area (Å²) in [7, 11) is 0. The molecule has 0 aliphatic carbocycles. The average molecular weight is 217 g/mol. The van der Waals surface area contributed by atoms with Gasteiger partial charge in [0.2, 0.25) is 0 Å². The molecule has 0 amide bonds. The summed E-state index contributed by atoms with van der Waals surface area (Å²) in [6.45, 7) is 2.19. The highest BCUT2D eigenvalue weighted by Crippen LogP contribution is 2.25. The minimum Gasteiger partial charge on any atom is -0.381 e. The van der Waals surface area contributed by atoms with Gasteiger partial charge >= 0.3 is 0 Å². The van der Waals surface area contributed by atoms with Crippen LogP contribution in [0.2, 0.25) is 0 Å². The van der Waals surface area contributed by atoms with Crippen LogP contribution in [0.3, 0.4) is 0 Å². The number of ether oxygens (including phenoxy) is 1. The molecule has 1 atom stereocenters. The monoisotopic (exact) mass is 217 g/mol. The van der Waals surface area contributed by atoms with Crippen molar-refractivity contribution in [1.29, 1.82) is 0 Å². The molecule has 4 heteroatoms. The van der Waals surface area contributed by atoms with E-state index in [1.54, 1.807) is 0 Å². The van der Waals surface area contributed by atoms with Crippen LogP contribution in [-0.4, -0.2) is 22.6 Å². The van der Waals surface area contributed by atoms with Gasteiger partial charge in [0.25, 0.3) is 0 Å². The summed E-state index contributed by atoms with van der Waals surface area (Å²) in [6, 6.07) is 4.11. The fourth-order valence-electron chi connectivity index (χ4n) is 2.22. The van der Waals surface area contributed by atoms with Gasteiger partial charge in [-0.15, -0.1) is 0 Å². The average Bonchev–Trinajstić information content (AvgIpc) is 2.96. The van der Waals surface area contributed by atoms with Gasteiger partial charge in [-0.25, -0.2) is 4.98 Å². The maximum absolute atomic E-state index is 5.65. The van der Waals surface area contributed by atoms with Crippen molar-refractivity contribution < 1.29 is 4.74 Å². The van der Waals surface area contributed by atoms with Gasteiger partial charge in [-0.05, 0) is 18.1 Å². The number of nitrogens with zero attached hydrogens (tertiary/aromatic N) is 2. The van der Waals surface area contributed by atoms with Gasteiger partial charge in [0.15, 0.2) is 0 Å². The van der Waals surface area contributed by atoms with Crippen molar-refractivity contribution in [2.45, 2.75) is 18.9 Å². The summed E-state index contributed by atoms with van der Waals surface area (Å²) >= 11 is 0. The van der Waals surface area contributed by atoms with E-state index in [0.29, 0.717) is 12.5 Å². The minimum absolute atomic E-state index is 0.426. The predicted octanol–water partition coefficient (Wildman–Crippen LogP) is 1.30. The Kier molecular flexibility index (Phi) is 2.38. The fraction of sp³-hybridized carbons (Fsp3) is 0.417. The van der Waals surface area contributed by atoms with Crippen molar-refractivity contribution >= 4 is 5.52 Å². The van der Waals surface area contributed by atoms with Crippen LogP contribution in [0.25, 0.3) is 5.52 Å². The Balaban J connectivity index is 2.09. The molecule has 16 heavy (non-hydrogen) atoms. The van der Waals surface area contributed by atoms with Crippen molar-refractivity contribution in [3.63, 3.8) is 0 Å². The highest BCUT2D eigenvalue weighted by Gasteiger charge is 2.21. The maximum atomic E-state index is 5.65. The molecule has 0 aromatic carbocycles. The quantitative estimate of drug-likeness (QED) is 0.824. The van der Waals surface area contributed by atoms with E-state index in [0.717, 1.165) is 36.5 Å². The van der Waals surface area contributed by atoms with Crippen molar-refractivity contribution in [1.82, 2.24) is 9.38 Å². The molecule has 84 valence electrons. The lowest BCUT2D eigenvalue weighted by molar-refractivity contribution is 0.193. The fourth-order valence-corrected chi connectivity index (χ4v) is 2.22. The standard InChI is InChI=1S/C12H15N3O/c13-5-9-1-2-11-6-14-12(15(11)7-9)10-3-4-16-8-10/h1-2,6-7,10H,3-5,8,13H2. The molecule has 3 rings (SSSR count). The van der Waals surface area contributed by atoms with Gasteiger partial charge in [0, 0.05) is 25.3 Å². The van der Waals surface area contributed by atoms with Crippen LogP contribution in [0.1, 0.15) is 23.7 Å². The SMILES string of the molecule is NCc1ccc2cnc(C3CCOC3)n2c1. The van der Waals surface area contributed by atoms with Crippen LogP contribution in [0, 0.1) is 0 Å². The van der Waals surface area contributed by atoms with Crippen molar-refractivity contribution in [2.24, 2.45) is 5.73 Å². The number of nitrogens with two attached hydrogens (primary N) is 1. The second-order valence-electron chi connectivity index (χ2n) is 4.21. The smallest absolute Gasteiger partial charge is 0.118 e. The first kappa shape index (κ1) is 9.81. The number of aromatic nitrogens is 2. The molecular weight excluding hydrogens is 202 g/mol. The lowest BCUT2D eigenvalue weighted by atomic mass is 10.1. The van der Waals surface area contributed by atoms with Crippen LogP contribution >= 0.6 is 0 Å². The van der Waals surface area contributed by atoms with E-state index in [2.05, 4.69) is 21.6 Å². The summed E-state index contributed by atoms with van der Waals surface area (Å²) in [5.41, 5.74) is 7.91. The molecular formula is C12H15N3O. The summed E-state index contributed by atoms with van der Waals surface area (Å²) in [4.78, 5) is 4.49. The Morgan fingerprint density at radius 2 is 2.44 bits per heavy atom. The molecule has 0 radical (unpaired) electrons. The van der Waals surface area contributed by atoms with Crippen LogP contribution < -0.4 is 5.73 Å². The molecule has 2 aromatic heterocycles. The second-order valence-corrected chi connectivity index (χ2v) is 4.21. The Morgan fingerprint density at radius 1 is 1.50 bits per heavy atom. The Labute approximate surface area is 94.0 Å². The van der Waals surface area contributed by atoms with Crippen LogP contribution in [0.4, 0.5) is 0 Å².